The van der Waals surface area contributed by atoms with Gasteiger partial charge in [-0.15, -0.1) is 0 Å². The van der Waals surface area contributed by atoms with Crippen LogP contribution in [-0.4, -0.2) is 54.9 Å². The Balaban J connectivity index is 1.47. The standard InChI is InChI=1S/C25H27N3O6S/c1-16-13-20(17(2)28(16)18-10-12-35(31,32)15-18)22(29)14-34-25(30)19-7-6-11-26-24(19)27-21-8-4-5-9-23(21)33-3/h4-9,11,13,18H,10,12,14-15H2,1-3H3,(H,26,27)/t18-/m1/s1. The summed E-state index contributed by atoms with van der Waals surface area (Å²) < 4.78 is 36.4. The van der Waals surface area contributed by atoms with E-state index < -0.39 is 22.4 Å². The summed E-state index contributed by atoms with van der Waals surface area (Å²) in [6, 6.07) is 11.9. The highest BCUT2D eigenvalue weighted by atomic mass is 32.2. The van der Waals surface area contributed by atoms with Crippen LogP contribution in [0.5, 0.6) is 5.75 Å². The summed E-state index contributed by atoms with van der Waals surface area (Å²) in [7, 11) is -1.52. The third-order valence-electron chi connectivity index (χ3n) is 6.08. The molecule has 4 rings (SSSR count). The number of rotatable bonds is 8. The van der Waals surface area contributed by atoms with E-state index in [2.05, 4.69) is 10.3 Å². The molecule has 1 aliphatic rings. The van der Waals surface area contributed by atoms with E-state index in [1.807, 2.05) is 23.6 Å². The Kier molecular flexibility index (Phi) is 6.93. The first kappa shape index (κ1) is 24.5. The first-order valence-electron chi connectivity index (χ1n) is 11.1. The molecule has 2 aromatic heterocycles. The van der Waals surface area contributed by atoms with Crippen LogP contribution in [0.25, 0.3) is 0 Å². The number of Topliss-reactive ketones (excluding diaryl/α,β-unsaturated/α-hetero) is 1. The first-order valence-corrected chi connectivity index (χ1v) is 13.0. The fourth-order valence-corrected chi connectivity index (χ4v) is 6.13. The summed E-state index contributed by atoms with van der Waals surface area (Å²) in [6.07, 6.45) is 2.06. The molecular weight excluding hydrogens is 470 g/mol. The number of carbonyl (C=O) groups excluding carboxylic acids is 2. The van der Waals surface area contributed by atoms with Crippen molar-refractivity contribution in [2.75, 3.05) is 30.5 Å². The molecule has 1 aromatic carbocycles. The van der Waals surface area contributed by atoms with E-state index in [0.717, 1.165) is 5.69 Å². The van der Waals surface area contributed by atoms with Crippen molar-refractivity contribution in [3.63, 3.8) is 0 Å². The molecule has 0 radical (unpaired) electrons. The minimum atomic E-state index is -3.07. The second kappa shape index (κ2) is 9.91. The monoisotopic (exact) mass is 497 g/mol. The fraction of sp³-hybridized carbons (Fsp3) is 0.320. The lowest BCUT2D eigenvalue weighted by Gasteiger charge is -2.16. The minimum absolute atomic E-state index is 0.0644. The second-order valence-corrected chi connectivity index (χ2v) is 10.7. The van der Waals surface area contributed by atoms with Gasteiger partial charge in [0.2, 0.25) is 5.78 Å². The summed E-state index contributed by atoms with van der Waals surface area (Å²) in [5.74, 6) is 0.00958. The zero-order valence-corrected chi connectivity index (χ0v) is 20.6. The van der Waals surface area contributed by atoms with Gasteiger partial charge in [-0.3, -0.25) is 4.79 Å². The Labute approximate surface area is 204 Å². The third kappa shape index (κ3) is 5.22. The van der Waals surface area contributed by atoms with Crippen LogP contribution in [0.3, 0.4) is 0 Å². The van der Waals surface area contributed by atoms with Crippen LogP contribution in [-0.2, 0) is 14.6 Å². The number of benzene rings is 1. The maximum absolute atomic E-state index is 12.9. The second-order valence-electron chi connectivity index (χ2n) is 8.44. The summed E-state index contributed by atoms with van der Waals surface area (Å²) in [4.78, 5) is 30.0. The largest absolute Gasteiger partial charge is 0.495 e. The molecule has 1 aliphatic heterocycles. The molecule has 1 fully saturated rings. The summed E-state index contributed by atoms with van der Waals surface area (Å²) in [5.41, 5.74) is 2.69. The molecule has 10 heteroatoms. The molecule has 1 N–H and O–H groups in total. The third-order valence-corrected chi connectivity index (χ3v) is 7.83. The molecule has 9 nitrogen and oxygen atoms in total. The highest BCUT2D eigenvalue weighted by Gasteiger charge is 2.32. The number of hydrogen-bond donors (Lipinski definition) is 1. The smallest absolute Gasteiger partial charge is 0.342 e. The molecule has 3 heterocycles. The van der Waals surface area contributed by atoms with E-state index in [4.69, 9.17) is 9.47 Å². The number of hydrogen-bond acceptors (Lipinski definition) is 8. The van der Waals surface area contributed by atoms with E-state index in [1.165, 1.54) is 6.20 Å². The van der Waals surface area contributed by atoms with Crippen LogP contribution in [0.15, 0.2) is 48.7 Å². The van der Waals surface area contributed by atoms with Gasteiger partial charge in [0.25, 0.3) is 0 Å². The van der Waals surface area contributed by atoms with Gasteiger partial charge in [-0.05, 0) is 50.6 Å². The molecule has 3 aromatic rings. The zero-order valence-electron chi connectivity index (χ0n) is 19.8. The molecule has 35 heavy (non-hydrogen) atoms. The van der Waals surface area contributed by atoms with Gasteiger partial charge in [-0.1, -0.05) is 12.1 Å². The van der Waals surface area contributed by atoms with Crippen molar-refractivity contribution < 1.29 is 27.5 Å². The average Bonchev–Trinajstić information content (AvgIpc) is 3.35. The predicted molar refractivity (Wildman–Crippen MR) is 131 cm³/mol. The van der Waals surface area contributed by atoms with E-state index in [1.54, 1.807) is 44.4 Å². The van der Waals surface area contributed by atoms with Crippen molar-refractivity contribution >= 4 is 33.1 Å². The molecule has 1 saturated heterocycles. The van der Waals surface area contributed by atoms with Crippen molar-refractivity contribution in [2.45, 2.75) is 26.3 Å². The van der Waals surface area contributed by atoms with Crippen LogP contribution in [0.4, 0.5) is 11.5 Å². The van der Waals surface area contributed by atoms with Crippen LogP contribution >= 0.6 is 0 Å². The number of aryl methyl sites for hydroxylation is 1. The number of ether oxygens (including phenoxy) is 2. The molecule has 0 aliphatic carbocycles. The van der Waals surface area contributed by atoms with E-state index in [9.17, 15) is 18.0 Å². The summed E-state index contributed by atoms with van der Waals surface area (Å²) in [5, 5.41) is 3.08. The number of methoxy groups -OCH3 is 1. The number of esters is 1. The van der Waals surface area contributed by atoms with Crippen molar-refractivity contribution in [1.29, 1.82) is 0 Å². The molecule has 0 spiro atoms. The number of aromatic nitrogens is 2. The van der Waals surface area contributed by atoms with Gasteiger partial charge in [-0.2, -0.15) is 0 Å². The number of pyridine rings is 1. The lowest BCUT2D eigenvalue weighted by molar-refractivity contribution is 0.0475. The van der Waals surface area contributed by atoms with Gasteiger partial charge in [-0.25, -0.2) is 18.2 Å². The van der Waals surface area contributed by atoms with Crippen LogP contribution < -0.4 is 10.1 Å². The van der Waals surface area contributed by atoms with E-state index in [0.29, 0.717) is 29.1 Å². The average molecular weight is 498 g/mol. The molecule has 184 valence electrons. The van der Waals surface area contributed by atoms with Crippen LogP contribution in [0, 0.1) is 13.8 Å². The maximum Gasteiger partial charge on any atom is 0.342 e. The van der Waals surface area contributed by atoms with Gasteiger partial charge >= 0.3 is 5.97 Å². The normalized spacial score (nSPS) is 16.6. The van der Waals surface area contributed by atoms with Crippen molar-refractivity contribution in [1.82, 2.24) is 9.55 Å². The fourth-order valence-electron chi connectivity index (χ4n) is 4.43. The lowest BCUT2D eigenvalue weighted by atomic mass is 10.1. The van der Waals surface area contributed by atoms with E-state index in [-0.39, 0.29) is 34.7 Å². The number of sulfone groups is 1. The first-order chi connectivity index (χ1) is 16.7. The number of para-hydroxylation sites is 2. The van der Waals surface area contributed by atoms with Gasteiger partial charge in [0.05, 0.1) is 24.3 Å². The van der Waals surface area contributed by atoms with Crippen LogP contribution in [0.1, 0.15) is 44.6 Å². The van der Waals surface area contributed by atoms with Gasteiger partial charge in [0, 0.05) is 29.2 Å². The van der Waals surface area contributed by atoms with Gasteiger partial charge in [0.1, 0.15) is 17.1 Å². The maximum atomic E-state index is 12.9. The molecule has 0 saturated carbocycles. The number of carbonyl (C=O) groups is 2. The molecule has 0 amide bonds. The summed E-state index contributed by atoms with van der Waals surface area (Å²) >= 11 is 0. The quantitative estimate of drug-likeness (QED) is 0.370. The highest BCUT2D eigenvalue weighted by molar-refractivity contribution is 7.91. The summed E-state index contributed by atoms with van der Waals surface area (Å²) in [6.45, 7) is 3.17. The van der Waals surface area contributed by atoms with Crippen LogP contribution in [0.2, 0.25) is 0 Å². The number of nitrogens with one attached hydrogen (secondary N) is 1. The molecule has 1 atom stereocenters. The predicted octanol–water partition coefficient (Wildman–Crippen LogP) is 3.65. The Morgan fingerprint density at radius 1 is 1.14 bits per heavy atom. The molecule has 0 unspecified atom stereocenters. The van der Waals surface area contributed by atoms with Crippen molar-refractivity contribution in [2.24, 2.45) is 0 Å². The minimum Gasteiger partial charge on any atom is -0.495 e. The van der Waals surface area contributed by atoms with Crippen molar-refractivity contribution in [3.8, 4) is 5.75 Å². The molecule has 0 bridgehead atoms. The zero-order chi connectivity index (χ0) is 25.2. The van der Waals surface area contributed by atoms with Gasteiger partial charge in [0.15, 0.2) is 16.4 Å². The van der Waals surface area contributed by atoms with Gasteiger partial charge < -0.3 is 19.4 Å². The Morgan fingerprint density at radius 3 is 2.63 bits per heavy atom. The number of anilines is 2. The Morgan fingerprint density at radius 2 is 1.91 bits per heavy atom. The Hall–Kier alpha value is -3.66. The van der Waals surface area contributed by atoms with Crippen molar-refractivity contribution in [3.05, 3.63) is 71.2 Å². The number of nitrogens with zero attached hydrogens (tertiary/aromatic N) is 2. The Bertz CT molecular complexity index is 1380. The molecular formula is C25H27N3O6S. The topological polar surface area (TPSA) is 117 Å². The SMILES string of the molecule is COc1ccccc1Nc1ncccc1C(=O)OCC(=O)c1cc(C)n([C@@H]2CCS(=O)(=O)C2)c1C. The lowest BCUT2D eigenvalue weighted by Crippen LogP contribution is -2.17. The number of ketones is 1. The van der Waals surface area contributed by atoms with E-state index >= 15 is 0 Å². The highest BCUT2D eigenvalue weighted by Crippen LogP contribution is 2.30.